The van der Waals surface area contributed by atoms with Crippen molar-refractivity contribution in [2.75, 3.05) is 33.0 Å². The van der Waals surface area contributed by atoms with Gasteiger partial charge in [0.2, 0.25) is 0 Å². The van der Waals surface area contributed by atoms with E-state index in [0.717, 1.165) is 43.3 Å². The van der Waals surface area contributed by atoms with Gasteiger partial charge < -0.3 is 14.2 Å². The van der Waals surface area contributed by atoms with Crippen LogP contribution in [0.5, 0.6) is 0 Å². The minimum absolute atomic E-state index is 0.0328. The molecule has 0 spiro atoms. The van der Waals surface area contributed by atoms with Gasteiger partial charge in [-0.05, 0) is 12.8 Å². The van der Waals surface area contributed by atoms with Crippen LogP contribution in [-0.4, -0.2) is 53.9 Å². The summed E-state index contributed by atoms with van der Waals surface area (Å²) in [6.07, 6.45) is 2.01. The topological polar surface area (TPSA) is 58.4 Å². The SMILES string of the molecule is c1ccc(-c2nc(C3CCOCC3)nn2CC2COCCO2)cc1. The highest BCUT2D eigenvalue weighted by molar-refractivity contribution is 5.54. The molecule has 2 fully saturated rings. The third kappa shape index (κ3) is 3.50. The van der Waals surface area contributed by atoms with Crippen LogP contribution in [0.1, 0.15) is 24.6 Å². The number of rotatable bonds is 4. The van der Waals surface area contributed by atoms with Crippen LogP contribution < -0.4 is 0 Å². The third-order valence-corrected chi connectivity index (χ3v) is 4.57. The summed E-state index contributed by atoms with van der Waals surface area (Å²) in [6.45, 7) is 4.18. The zero-order valence-electron chi connectivity index (χ0n) is 13.8. The van der Waals surface area contributed by atoms with Gasteiger partial charge in [-0.1, -0.05) is 30.3 Å². The van der Waals surface area contributed by atoms with Crippen molar-refractivity contribution in [3.8, 4) is 11.4 Å². The molecular weight excluding hydrogens is 306 g/mol. The highest BCUT2D eigenvalue weighted by Crippen LogP contribution is 2.27. The minimum Gasteiger partial charge on any atom is -0.381 e. The Morgan fingerprint density at radius 1 is 1.00 bits per heavy atom. The largest absolute Gasteiger partial charge is 0.381 e. The van der Waals surface area contributed by atoms with Crippen molar-refractivity contribution in [3.05, 3.63) is 36.2 Å². The Morgan fingerprint density at radius 3 is 2.58 bits per heavy atom. The van der Waals surface area contributed by atoms with E-state index in [-0.39, 0.29) is 6.10 Å². The van der Waals surface area contributed by atoms with Gasteiger partial charge in [0.1, 0.15) is 6.10 Å². The van der Waals surface area contributed by atoms with Crippen LogP contribution in [0.3, 0.4) is 0 Å². The highest BCUT2D eigenvalue weighted by Gasteiger charge is 2.24. The molecule has 6 nitrogen and oxygen atoms in total. The Kier molecular flexibility index (Phi) is 4.87. The first-order valence-corrected chi connectivity index (χ1v) is 8.67. The molecule has 0 saturated carbocycles. The smallest absolute Gasteiger partial charge is 0.158 e. The van der Waals surface area contributed by atoms with Crippen LogP contribution in [0.2, 0.25) is 0 Å². The first-order chi connectivity index (χ1) is 11.9. The Balaban J connectivity index is 1.62. The molecule has 1 atom stereocenters. The molecule has 2 aliphatic rings. The predicted octanol–water partition coefficient (Wildman–Crippen LogP) is 2.25. The molecule has 128 valence electrons. The fraction of sp³-hybridized carbons (Fsp3) is 0.556. The molecule has 1 aromatic carbocycles. The normalized spacial score (nSPS) is 22.6. The molecule has 0 amide bonds. The fourth-order valence-corrected chi connectivity index (χ4v) is 3.25. The average Bonchev–Trinajstić information content (AvgIpc) is 3.08. The minimum atomic E-state index is 0.0328. The zero-order valence-corrected chi connectivity index (χ0v) is 13.8. The van der Waals surface area contributed by atoms with E-state index in [1.165, 1.54) is 0 Å². The molecule has 2 aromatic rings. The van der Waals surface area contributed by atoms with E-state index >= 15 is 0 Å². The van der Waals surface area contributed by atoms with Crippen LogP contribution in [0.15, 0.2) is 30.3 Å². The van der Waals surface area contributed by atoms with Crippen molar-refractivity contribution in [2.24, 2.45) is 0 Å². The molecule has 0 N–H and O–H groups in total. The van der Waals surface area contributed by atoms with Crippen molar-refractivity contribution in [1.29, 1.82) is 0 Å². The number of hydrogen-bond donors (Lipinski definition) is 0. The van der Waals surface area contributed by atoms with E-state index in [9.17, 15) is 0 Å². The Bertz CT molecular complexity index is 647. The van der Waals surface area contributed by atoms with E-state index in [1.807, 2.05) is 22.9 Å². The average molecular weight is 329 g/mol. The van der Waals surface area contributed by atoms with Crippen molar-refractivity contribution in [1.82, 2.24) is 14.8 Å². The standard InChI is InChI=1S/C18H23N3O3/c1-2-4-15(5-3-1)18-19-17(14-6-8-22-9-7-14)20-21(18)12-16-13-23-10-11-24-16/h1-5,14,16H,6-13H2. The van der Waals surface area contributed by atoms with Gasteiger partial charge in [0.15, 0.2) is 11.6 Å². The van der Waals surface area contributed by atoms with Gasteiger partial charge in [-0.3, -0.25) is 0 Å². The fourth-order valence-electron chi connectivity index (χ4n) is 3.25. The summed E-state index contributed by atoms with van der Waals surface area (Å²) in [5, 5.41) is 4.82. The van der Waals surface area contributed by atoms with Gasteiger partial charge in [0, 0.05) is 24.7 Å². The van der Waals surface area contributed by atoms with Crippen molar-refractivity contribution in [3.63, 3.8) is 0 Å². The Labute approximate surface area is 141 Å². The molecule has 1 unspecified atom stereocenters. The zero-order chi connectivity index (χ0) is 16.2. The molecule has 3 heterocycles. The first-order valence-electron chi connectivity index (χ1n) is 8.67. The maximum Gasteiger partial charge on any atom is 0.158 e. The van der Waals surface area contributed by atoms with Crippen LogP contribution in [-0.2, 0) is 20.8 Å². The molecule has 1 aromatic heterocycles. The number of benzene rings is 1. The van der Waals surface area contributed by atoms with Gasteiger partial charge in [-0.2, -0.15) is 5.10 Å². The maximum atomic E-state index is 5.79. The lowest BCUT2D eigenvalue weighted by Crippen LogP contribution is -2.32. The van der Waals surface area contributed by atoms with Crippen LogP contribution in [0.25, 0.3) is 11.4 Å². The van der Waals surface area contributed by atoms with Crippen molar-refractivity contribution >= 4 is 0 Å². The summed E-state index contributed by atoms with van der Waals surface area (Å²) in [5.74, 6) is 2.21. The summed E-state index contributed by atoms with van der Waals surface area (Å²) >= 11 is 0. The summed E-state index contributed by atoms with van der Waals surface area (Å²) in [7, 11) is 0. The second-order valence-electron chi connectivity index (χ2n) is 6.30. The molecule has 4 rings (SSSR count). The third-order valence-electron chi connectivity index (χ3n) is 4.57. The second-order valence-corrected chi connectivity index (χ2v) is 6.30. The van der Waals surface area contributed by atoms with Crippen LogP contribution >= 0.6 is 0 Å². The summed E-state index contributed by atoms with van der Waals surface area (Å²) in [6, 6.07) is 10.2. The highest BCUT2D eigenvalue weighted by atomic mass is 16.6. The number of nitrogens with zero attached hydrogens (tertiary/aromatic N) is 3. The maximum absolute atomic E-state index is 5.79. The first kappa shape index (κ1) is 15.7. The molecule has 24 heavy (non-hydrogen) atoms. The summed E-state index contributed by atoms with van der Waals surface area (Å²) in [4.78, 5) is 4.87. The lowest BCUT2D eigenvalue weighted by Gasteiger charge is -2.23. The Morgan fingerprint density at radius 2 is 1.83 bits per heavy atom. The van der Waals surface area contributed by atoms with E-state index in [1.54, 1.807) is 0 Å². The van der Waals surface area contributed by atoms with E-state index in [0.29, 0.717) is 32.3 Å². The molecule has 2 saturated heterocycles. The molecular formula is C18H23N3O3. The van der Waals surface area contributed by atoms with Crippen molar-refractivity contribution in [2.45, 2.75) is 31.4 Å². The van der Waals surface area contributed by atoms with E-state index in [2.05, 4.69) is 12.1 Å². The van der Waals surface area contributed by atoms with E-state index in [4.69, 9.17) is 24.3 Å². The van der Waals surface area contributed by atoms with Crippen molar-refractivity contribution < 1.29 is 14.2 Å². The molecule has 0 radical (unpaired) electrons. The van der Waals surface area contributed by atoms with Gasteiger partial charge in [0.05, 0.1) is 26.4 Å². The number of hydrogen-bond acceptors (Lipinski definition) is 5. The monoisotopic (exact) mass is 329 g/mol. The van der Waals surface area contributed by atoms with Gasteiger partial charge in [0.25, 0.3) is 0 Å². The van der Waals surface area contributed by atoms with Gasteiger partial charge in [-0.25, -0.2) is 9.67 Å². The number of ether oxygens (including phenoxy) is 3. The van der Waals surface area contributed by atoms with Crippen LogP contribution in [0.4, 0.5) is 0 Å². The van der Waals surface area contributed by atoms with Gasteiger partial charge in [-0.15, -0.1) is 0 Å². The Hall–Kier alpha value is -1.76. The lowest BCUT2D eigenvalue weighted by molar-refractivity contribution is -0.0945. The lowest BCUT2D eigenvalue weighted by atomic mass is 10.00. The van der Waals surface area contributed by atoms with E-state index < -0.39 is 0 Å². The molecule has 0 aliphatic carbocycles. The summed E-state index contributed by atoms with van der Waals surface area (Å²) < 4.78 is 18.8. The molecule has 6 heteroatoms. The number of aromatic nitrogens is 3. The second kappa shape index (κ2) is 7.42. The summed E-state index contributed by atoms with van der Waals surface area (Å²) in [5.41, 5.74) is 1.08. The predicted molar refractivity (Wildman–Crippen MR) is 88.8 cm³/mol. The van der Waals surface area contributed by atoms with Gasteiger partial charge >= 0.3 is 0 Å². The molecule has 0 bridgehead atoms. The van der Waals surface area contributed by atoms with Crippen LogP contribution in [0, 0.1) is 0 Å². The molecule has 2 aliphatic heterocycles. The quantitative estimate of drug-likeness (QED) is 0.861.